The van der Waals surface area contributed by atoms with E-state index >= 15 is 0 Å². The van der Waals surface area contributed by atoms with Gasteiger partial charge in [0, 0.05) is 52.7 Å². The van der Waals surface area contributed by atoms with Gasteiger partial charge < -0.3 is 20.0 Å². The molecular formula is C21H28Br2N2O2. The van der Waals surface area contributed by atoms with Crippen LogP contribution in [0, 0.1) is 0 Å². The van der Waals surface area contributed by atoms with Crippen LogP contribution in [0.1, 0.15) is 38.8 Å². The predicted molar refractivity (Wildman–Crippen MR) is 122 cm³/mol. The summed E-state index contributed by atoms with van der Waals surface area (Å²) in [5.74, 6) is 0.538. The quantitative estimate of drug-likeness (QED) is 0.474. The lowest BCUT2D eigenvalue weighted by molar-refractivity contribution is 0.461. The molecule has 2 rings (SSSR count). The van der Waals surface area contributed by atoms with Crippen LogP contribution in [0.5, 0.6) is 11.5 Å². The molecule has 2 aromatic rings. The summed E-state index contributed by atoms with van der Waals surface area (Å²) in [7, 11) is 0. The molecule has 148 valence electrons. The molecule has 27 heavy (non-hydrogen) atoms. The zero-order valence-electron chi connectivity index (χ0n) is 16.4. The minimum atomic E-state index is 0.269. The third kappa shape index (κ3) is 4.91. The number of phenols is 2. The number of halogens is 2. The average Bonchev–Trinajstić information content (AvgIpc) is 2.64. The summed E-state index contributed by atoms with van der Waals surface area (Å²) in [6, 6.07) is 7.71. The maximum atomic E-state index is 10.9. The van der Waals surface area contributed by atoms with Crippen molar-refractivity contribution < 1.29 is 10.2 Å². The number of rotatable bonds is 8. The van der Waals surface area contributed by atoms with Crippen molar-refractivity contribution in [2.75, 3.05) is 36.0 Å². The Bertz CT molecular complexity index is 723. The maximum Gasteiger partial charge on any atom is 0.142 e. The molecular weight excluding hydrogens is 472 g/mol. The molecule has 4 nitrogen and oxygen atoms in total. The van der Waals surface area contributed by atoms with Gasteiger partial charge in [0.25, 0.3) is 0 Å². The van der Waals surface area contributed by atoms with Crippen LogP contribution < -0.4 is 9.80 Å². The van der Waals surface area contributed by atoms with E-state index in [4.69, 9.17) is 0 Å². The SMILES string of the molecule is CCN(CC)c1cc(Br)cc(Cc2cc(Br)cc(N(CC)CC)c2O)c1O. The molecule has 0 saturated heterocycles. The van der Waals surface area contributed by atoms with Gasteiger partial charge in [-0.2, -0.15) is 0 Å². The molecule has 0 fully saturated rings. The summed E-state index contributed by atoms with van der Waals surface area (Å²) in [6.07, 6.45) is 0.444. The van der Waals surface area contributed by atoms with Crippen LogP contribution in [0.4, 0.5) is 11.4 Å². The standard InChI is InChI=1S/C21H28Br2N2O2/c1-5-24(6-2)18-12-16(22)10-14(20(18)26)9-15-11-17(23)13-19(21(15)27)25(7-3)8-4/h10-13,26-27H,5-9H2,1-4H3. The van der Waals surface area contributed by atoms with Gasteiger partial charge in [-0.3, -0.25) is 0 Å². The van der Waals surface area contributed by atoms with Crippen molar-refractivity contribution in [1.29, 1.82) is 0 Å². The number of aromatic hydroxyl groups is 2. The molecule has 0 unspecified atom stereocenters. The van der Waals surface area contributed by atoms with E-state index in [9.17, 15) is 10.2 Å². The van der Waals surface area contributed by atoms with Gasteiger partial charge in [0.15, 0.2) is 0 Å². The summed E-state index contributed by atoms with van der Waals surface area (Å²) >= 11 is 7.13. The molecule has 0 aliphatic carbocycles. The number of hydrogen-bond acceptors (Lipinski definition) is 4. The fourth-order valence-electron chi connectivity index (χ4n) is 3.37. The van der Waals surface area contributed by atoms with E-state index < -0.39 is 0 Å². The number of nitrogens with zero attached hydrogens (tertiary/aromatic N) is 2. The summed E-state index contributed by atoms with van der Waals surface area (Å²) in [6.45, 7) is 11.5. The predicted octanol–water partition coefficient (Wildman–Crippen LogP) is 5.91. The Morgan fingerprint density at radius 2 is 1.00 bits per heavy atom. The smallest absolute Gasteiger partial charge is 0.142 e. The second-order valence-corrected chi connectivity index (χ2v) is 8.22. The highest BCUT2D eigenvalue weighted by Crippen LogP contribution is 2.40. The number of hydrogen-bond donors (Lipinski definition) is 2. The molecule has 0 heterocycles. The number of phenolic OH excluding ortho intramolecular Hbond substituents is 2. The first-order valence-corrected chi connectivity index (χ1v) is 11.0. The summed E-state index contributed by atoms with van der Waals surface area (Å²) in [4.78, 5) is 4.23. The Morgan fingerprint density at radius 3 is 1.30 bits per heavy atom. The average molecular weight is 500 g/mol. The molecule has 0 bridgehead atoms. The van der Waals surface area contributed by atoms with Crippen LogP contribution in [0.3, 0.4) is 0 Å². The molecule has 0 amide bonds. The van der Waals surface area contributed by atoms with Gasteiger partial charge in [0.2, 0.25) is 0 Å². The molecule has 0 aliphatic rings. The Morgan fingerprint density at radius 1 is 0.667 bits per heavy atom. The van der Waals surface area contributed by atoms with Gasteiger partial charge in [-0.05, 0) is 52.0 Å². The normalized spacial score (nSPS) is 10.9. The van der Waals surface area contributed by atoms with Crippen LogP contribution in [-0.4, -0.2) is 36.4 Å². The van der Waals surface area contributed by atoms with E-state index in [1.165, 1.54) is 0 Å². The lowest BCUT2D eigenvalue weighted by Gasteiger charge is -2.25. The Hall–Kier alpha value is -1.40. The van der Waals surface area contributed by atoms with Gasteiger partial charge in [-0.1, -0.05) is 31.9 Å². The van der Waals surface area contributed by atoms with Gasteiger partial charge in [-0.25, -0.2) is 0 Å². The highest BCUT2D eigenvalue weighted by Gasteiger charge is 2.18. The fourth-order valence-corrected chi connectivity index (χ4v) is 4.35. The van der Waals surface area contributed by atoms with Crippen LogP contribution in [0.15, 0.2) is 33.2 Å². The topological polar surface area (TPSA) is 46.9 Å². The van der Waals surface area contributed by atoms with Crippen LogP contribution >= 0.6 is 31.9 Å². The highest BCUT2D eigenvalue weighted by molar-refractivity contribution is 9.10. The van der Waals surface area contributed by atoms with Gasteiger partial charge in [0.05, 0.1) is 11.4 Å². The largest absolute Gasteiger partial charge is 0.505 e. The molecule has 2 N–H and O–H groups in total. The molecule has 2 aromatic carbocycles. The first-order valence-electron chi connectivity index (χ1n) is 9.38. The van der Waals surface area contributed by atoms with Crippen molar-refractivity contribution in [2.45, 2.75) is 34.1 Å². The van der Waals surface area contributed by atoms with Gasteiger partial charge in [0.1, 0.15) is 11.5 Å². The maximum absolute atomic E-state index is 10.9. The van der Waals surface area contributed by atoms with E-state index in [0.717, 1.165) is 57.6 Å². The first kappa shape index (κ1) is 21.9. The first-order chi connectivity index (χ1) is 12.9. The minimum Gasteiger partial charge on any atom is -0.505 e. The van der Waals surface area contributed by atoms with E-state index in [-0.39, 0.29) is 11.5 Å². The Labute approximate surface area is 179 Å². The van der Waals surface area contributed by atoms with Crippen molar-refractivity contribution in [3.05, 3.63) is 44.3 Å². The lowest BCUT2D eigenvalue weighted by Crippen LogP contribution is -2.22. The second-order valence-electron chi connectivity index (χ2n) is 6.39. The van der Waals surface area contributed by atoms with Crippen molar-refractivity contribution in [1.82, 2.24) is 0 Å². The van der Waals surface area contributed by atoms with E-state index in [2.05, 4.69) is 69.4 Å². The van der Waals surface area contributed by atoms with Gasteiger partial charge >= 0.3 is 0 Å². The summed E-state index contributed by atoms with van der Waals surface area (Å²) in [5, 5.41) is 21.7. The van der Waals surface area contributed by atoms with Crippen LogP contribution in [-0.2, 0) is 6.42 Å². The van der Waals surface area contributed by atoms with Crippen LogP contribution in [0.2, 0.25) is 0 Å². The molecule has 0 radical (unpaired) electrons. The minimum absolute atomic E-state index is 0.269. The summed E-state index contributed by atoms with van der Waals surface area (Å²) in [5.41, 5.74) is 3.18. The van der Waals surface area contributed by atoms with Crippen molar-refractivity contribution in [2.24, 2.45) is 0 Å². The Kier molecular flexibility index (Phi) is 7.86. The van der Waals surface area contributed by atoms with Gasteiger partial charge in [-0.15, -0.1) is 0 Å². The monoisotopic (exact) mass is 498 g/mol. The zero-order chi connectivity index (χ0) is 20.1. The lowest BCUT2D eigenvalue weighted by atomic mass is 10.0. The van der Waals surface area contributed by atoms with Crippen molar-refractivity contribution >= 4 is 43.2 Å². The molecule has 0 atom stereocenters. The summed E-state index contributed by atoms with van der Waals surface area (Å²) < 4.78 is 1.83. The number of benzene rings is 2. The van der Waals surface area contributed by atoms with E-state index in [1.54, 1.807) is 0 Å². The highest BCUT2D eigenvalue weighted by atomic mass is 79.9. The van der Waals surface area contributed by atoms with Crippen molar-refractivity contribution in [3.8, 4) is 11.5 Å². The Balaban J connectivity index is 2.51. The van der Waals surface area contributed by atoms with Crippen molar-refractivity contribution in [3.63, 3.8) is 0 Å². The van der Waals surface area contributed by atoms with Crippen LogP contribution in [0.25, 0.3) is 0 Å². The number of anilines is 2. The molecule has 6 heteroatoms. The molecule has 0 aromatic heterocycles. The van der Waals surface area contributed by atoms with E-state index in [0.29, 0.717) is 6.42 Å². The molecule has 0 saturated carbocycles. The third-order valence-electron chi connectivity index (χ3n) is 4.86. The van der Waals surface area contributed by atoms with E-state index in [1.807, 2.05) is 24.3 Å². The zero-order valence-corrected chi connectivity index (χ0v) is 19.6. The molecule has 0 aliphatic heterocycles. The third-order valence-corrected chi connectivity index (χ3v) is 5.77. The fraction of sp³-hybridized carbons (Fsp3) is 0.429. The molecule has 0 spiro atoms. The second kappa shape index (κ2) is 9.69.